The zero-order chi connectivity index (χ0) is 25.5. The molecule has 35 heavy (non-hydrogen) atoms. The third kappa shape index (κ3) is 6.05. The summed E-state index contributed by atoms with van der Waals surface area (Å²) < 4.78 is 11.6. The van der Waals surface area contributed by atoms with Crippen LogP contribution in [0.25, 0.3) is 5.76 Å². The van der Waals surface area contributed by atoms with Gasteiger partial charge in [-0.2, -0.15) is 0 Å². The summed E-state index contributed by atoms with van der Waals surface area (Å²) in [6.45, 7) is 11.0. The van der Waals surface area contributed by atoms with Gasteiger partial charge in [-0.3, -0.25) is 9.59 Å². The molecule has 188 valence electrons. The maximum atomic E-state index is 13.1. The van der Waals surface area contributed by atoms with Crippen molar-refractivity contribution in [2.24, 2.45) is 0 Å². The molecule has 3 rings (SSSR count). The van der Waals surface area contributed by atoms with E-state index in [1.165, 1.54) is 0 Å². The van der Waals surface area contributed by atoms with Gasteiger partial charge in [-0.1, -0.05) is 38.8 Å². The van der Waals surface area contributed by atoms with Gasteiger partial charge < -0.3 is 19.5 Å². The number of aliphatic hydroxyl groups excluding tert-OH is 1. The smallest absolute Gasteiger partial charge is 0.295 e. The summed E-state index contributed by atoms with van der Waals surface area (Å²) >= 11 is 0. The third-order valence-electron chi connectivity index (χ3n) is 6.03. The Bertz CT molecular complexity index is 1070. The first-order chi connectivity index (χ1) is 16.8. The number of ether oxygens (including phenoxy) is 2. The molecule has 1 saturated heterocycles. The van der Waals surface area contributed by atoms with Crippen LogP contribution in [0.15, 0.2) is 48.0 Å². The van der Waals surface area contributed by atoms with Crippen LogP contribution in [-0.2, 0) is 9.59 Å². The standard InChI is InChI=1S/C29H37NO5/c1-6-8-9-17-34-23-13-10-21(11-14-23)26-25(28(32)29(33)30(26)16-7-2)27(31)22-12-15-24(20(5)18-22)35-19(3)4/h10-15,18-19,26,31H,6-9,16-17H2,1-5H3/b27-25-. The fourth-order valence-corrected chi connectivity index (χ4v) is 4.32. The van der Waals surface area contributed by atoms with E-state index in [1.54, 1.807) is 23.1 Å². The number of hydrogen-bond donors (Lipinski definition) is 1. The Labute approximate surface area is 208 Å². The van der Waals surface area contributed by atoms with Gasteiger partial charge in [-0.15, -0.1) is 0 Å². The molecule has 0 bridgehead atoms. The van der Waals surface area contributed by atoms with E-state index in [1.807, 2.05) is 52.0 Å². The Morgan fingerprint density at radius 3 is 2.34 bits per heavy atom. The highest BCUT2D eigenvalue weighted by Crippen LogP contribution is 2.40. The molecule has 0 radical (unpaired) electrons. The van der Waals surface area contributed by atoms with Crippen molar-refractivity contribution in [3.8, 4) is 11.5 Å². The summed E-state index contributed by atoms with van der Waals surface area (Å²) in [6.07, 6.45) is 3.96. The number of aliphatic hydroxyl groups is 1. The van der Waals surface area contributed by atoms with Crippen LogP contribution in [-0.4, -0.2) is 41.0 Å². The van der Waals surface area contributed by atoms with Gasteiger partial charge in [0.15, 0.2) is 0 Å². The fourth-order valence-electron chi connectivity index (χ4n) is 4.32. The van der Waals surface area contributed by atoms with Gasteiger partial charge in [0, 0.05) is 12.1 Å². The predicted molar refractivity (Wildman–Crippen MR) is 138 cm³/mol. The van der Waals surface area contributed by atoms with Gasteiger partial charge in [-0.05, 0) is 75.1 Å². The lowest BCUT2D eigenvalue weighted by atomic mass is 9.94. The molecule has 0 spiro atoms. The van der Waals surface area contributed by atoms with Crippen molar-refractivity contribution in [1.29, 1.82) is 0 Å². The van der Waals surface area contributed by atoms with Crippen molar-refractivity contribution < 1.29 is 24.2 Å². The molecular formula is C29H37NO5. The molecule has 2 aromatic rings. The number of Topliss-reactive ketones (excluding diaryl/α,β-unsaturated/α-hetero) is 1. The molecule has 1 unspecified atom stereocenters. The number of nitrogens with zero attached hydrogens (tertiary/aromatic N) is 1. The third-order valence-corrected chi connectivity index (χ3v) is 6.03. The van der Waals surface area contributed by atoms with Crippen molar-refractivity contribution in [3.63, 3.8) is 0 Å². The maximum absolute atomic E-state index is 13.1. The Morgan fingerprint density at radius 1 is 1.03 bits per heavy atom. The Hall–Kier alpha value is -3.28. The molecule has 1 amide bonds. The Kier molecular flexibility index (Phi) is 8.96. The second kappa shape index (κ2) is 11.9. The molecule has 2 aromatic carbocycles. The van der Waals surface area contributed by atoms with E-state index in [0.29, 0.717) is 30.9 Å². The van der Waals surface area contributed by atoms with Gasteiger partial charge >= 0.3 is 0 Å². The summed E-state index contributed by atoms with van der Waals surface area (Å²) in [7, 11) is 0. The first-order valence-corrected chi connectivity index (χ1v) is 12.6. The van der Waals surface area contributed by atoms with Crippen molar-refractivity contribution >= 4 is 17.4 Å². The maximum Gasteiger partial charge on any atom is 0.295 e. The summed E-state index contributed by atoms with van der Waals surface area (Å²) in [5.41, 5.74) is 2.19. The minimum absolute atomic E-state index is 0.0195. The predicted octanol–water partition coefficient (Wildman–Crippen LogP) is 6.18. The average Bonchev–Trinajstić information content (AvgIpc) is 3.08. The van der Waals surface area contributed by atoms with Crippen LogP contribution in [0.2, 0.25) is 0 Å². The molecule has 0 aliphatic carbocycles. The normalized spacial score (nSPS) is 17.3. The summed E-state index contributed by atoms with van der Waals surface area (Å²) in [4.78, 5) is 27.6. The Balaban J connectivity index is 1.98. The number of benzene rings is 2. The van der Waals surface area contributed by atoms with E-state index in [-0.39, 0.29) is 17.4 Å². The molecule has 1 aliphatic heterocycles. The number of unbranched alkanes of at least 4 members (excludes halogenated alkanes) is 2. The first kappa shape index (κ1) is 26.3. The van der Waals surface area contributed by atoms with E-state index in [9.17, 15) is 14.7 Å². The van der Waals surface area contributed by atoms with E-state index in [0.717, 1.165) is 36.1 Å². The first-order valence-electron chi connectivity index (χ1n) is 12.6. The van der Waals surface area contributed by atoms with Gasteiger partial charge in [0.2, 0.25) is 0 Å². The number of carbonyl (C=O) groups is 2. The molecule has 1 aliphatic rings. The highest BCUT2D eigenvalue weighted by Gasteiger charge is 2.45. The molecule has 6 nitrogen and oxygen atoms in total. The van der Waals surface area contributed by atoms with Gasteiger partial charge in [0.1, 0.15) is 17.3 Å². The topological polar surface area (TPSA) is 76.1 Å². The number of amides is 1. The van der Waals surface area contributed by atoms with Gasteiger partial charge in [0.25, 0.3) is 11.7 Å². The molecule has 0 aromatic heterocycles. The summed E-state index contributed by atoms with van der Waals surface area (Å²) in [5.74, 6) is 0.0320. The quantitative estimate of drug-likeness (QED) is 0.180. The van der Waals surface area contributed by atoms with Crippen LogP contribution >= 0.6 is 0 Å². The highest BCUT2D eigenvalue weighted by atomic mass is 16.5. The van der Waals surface area contributed by atoms with Crippen molar-refractivity contribution in [2.45, 2.75) is 72.4 Å². The summed E-state index contributed by atoms with van der Waals surface area (Å²) in [6, 6.07) is 12.1. The van der Waals surface area contributed by atoms with E-state index in [4.69, 9.17) is 9.47 Å². The molecule has 1 atom stereocenters. The average molecular weight is 480 g/mol. The highest BCUT2D eigenvalue weighted by molar-refractivity contribution is 6.46. The molecule has 1 fully saturated rings. The van der Waals surface area contributed by atoms with Crippen molar-refractivity contribution in [3.05, 3.63) is 64.7 Å². The SMILES string of the molecule is CCCCCOc1ccc(C2/C(=C(/O)c3ccc(OC(C)C)c(C)c3)C(=O)C(=O)N2CCC)cc1. The van der Waals surface area contributed by atoms with E-state index in [2.05, 4.69) is 6.92 Å². The lowest BCUT2D eigenvalue weighted by molar-refractivity contribution is -0.139. The Morgan fingerprint density at radius 2 is 1.74 bits per heavy atom. The van der Waals surface area contributed by atoms with Gasteiger partial charge in [-0.25, -0.2) is 0 Å². The zero-order valence-corrected chi connectivity index (χ0v) is 21.5. The fraction of sp³-hybridized carbons (Fsp3) is 0.448. The van der Waals surface area contributed by atoms with Crippen molar-refractivity contribution in [1.82, 2.24) is 4.90 Å². The van der Waals surface area contributed by atoms with Crippen LogP contribution in [0.3, 0.4) is 0 Å². The molecule has 1 heterocycles. The lowest BCUT2D eigenvalue weighted by Gasteiger charge is -2.25. The lowest BCUT2D eigenvalue weighted by Crippen LogP contribution is -2.30. The van der Waals surface area contributed by atoms with E-state index < -0.39 is 17.7 Å². The zero-order valence-electron chi connectivity index (χ0n) is 21.5. The minimum atomic E-state index is -0.666. The number of carbonyl (C=O) groups excluding carboxylic acids is 2. The second-order valence-corrected chi connectivity index (χ2v) is 9.26. The summed E-state index contributed by atoms with van der Waals surface area (Å²) in [5, 5.41) is 11.3. The van der Waals surface area contributed by atoms with Crippen LogP contribution in [0, 0.1) is 6.92 Å². The van der Waals surface area contributed by atoms with Gasteiger partial charge in [0.05, 0.1) is 24.3 Å². The van der Waals surface area contributed by atoms with Crippen LogP contribution in [0.4, 0.5) is 0 Å². The monoisotopic (exact) mass is 479 g/mol. The second-order valence-electron chi connectivity index (χ2n) is 9.26. The van der Waals surface area contributed by atoms with Crippen LogP contribution < -0.4 is 9.47 Å². The number of aryl methyl sites for hydroxylation is 1. The van der Waals surface area contributed by atoms with E-state index >= 15 is 0 Å². The molecule has 6 heteroatoms. The number of rotatable bonds is 11. The number of likely N-dealkylation sites (tertiary alicyclic amines) is 1. The molecule has 1 N–H and O–H groups in total. The molecular weight excluding hydrogens is 442 g/mol. The molecule has 0 saturated carbocycles. The largest absolute Gasteiger partial charge is 0.507 e. The van der Waals surface area contributed by atoms with Crippen LogP contribution in [0.1, 0.15) is 76.1 Å². The van der Waals surface area contributed by atoms with Crippen LogP contribution in [0.5, 0.6) is 11.5 Å². The minimum Gasteiger partial charge on any atom is -0.507 e. The number of ketones is 1. The number of hydrogen-bond acceptors (Lipinski definition) is 5. The van der Waals surface area contributed by atoms with Crippen molar-refractivity contribution in [2.75, 3.05) is 13.2 Å².